The van der Waals surface area contributed by atoms with E-state index in [0.29, 0.717) is 0 Å². The summed E-state index contributed by atoms with van der Waals surface area (Å²) >= 11 is 1.53. The lowest BCUT2D eigenvalue weighted by Crippen LogP contribution is -1.87. The SMILES string of the molecule is Cc1cccc(Sc2cccc([N+](=O)[O-])c2)c1. The standard InChI is InChI=1S/C13H11NO2S/c1-10-4-2-6-12(8-10)17-13-7-3-5-11(9-13)14(15)16/h2-9H,1H3. The molecule has 0 heterocycles. The summed E-state index contributed by atoms with van der Waals surface area (Å²) in [6, 6.07) is 14.7. The van der Waals surface area contributed by atoms with Crippen molar-refractivity contribution in [2.75, 3.05) is 0 Å². The Morgan fingerprint density at radius 2 is 1.71 bits per heavy atom. The van der Waals surface area contributed by atoms with Gasteiger partial charge in [0.1, 0.15) is 0 Å². The minimum atomic E-state index is -0.375. The number of non-ortho nitro benzene ring substituents is 1. The van der Waals surface area contributed by atoms with Crippen molar-refractivity contribution in [2.45, 2.75) is 16.7 Å². The molecule has 3 nitrogen and oxygen atoms in total. The summed E-state index contributed by atoms with van der Waals surface area (Å²) in [5.41, 5.74) is 1.31. The van der Waals surface area contributed by atoms with Crippen LogP contribution in [-0.4, -0.2) is 4.92 Å². The van der Waals surface area contributed by atoms with Gasteiger partial charge in [-0.2, -0.15) is 0 Å². The molecule has 4 heteroatoms. The number of hydrogen-bond donors (Lipinski definition) is 0. The summed E-state index contributed by atoms with van der Waals surface area (Å²) in [6.07, 6.45) is 0. The molecule has 0 atom stereocenters. The first kappa shape index (κ1) is 11.7. The highest BCUT2D eigenvalue weighted by Gasteiger charge is 2.06. The lowest BCUT2D eigenvalue weighted by molar-refractivity contribution is -0.385. The van der Waals surface area contributed by atoms with Crippen molar-refractivity contribution in [1.82, 2.24) is 0 Å². The van der Waals surface area contributed by atoms with Gasteiger partial charge in [0.25, 0.3) is 5.69 Å². The fraction of sp³-hybridized carbons (Fsp3) is 0.0769. The zero-order chi connectivity index (χ0) is 12.3. The second kappa shape index (κ2) is 5.01. The van der Waals surface area contributed by atoms with Crippen LogP contribution in [0, 0.1) is 17.0 Å². The Hall–Kier alpha value is -1.81. The van der Waals surface area contributed by atoms with Crippen molar-refractivity contribution in [3.63, 3.8) is 0 Å². The van der Waals surface area contributed by atoms with Crippen LogP contribution >= 0.6 is 11.8 Å². The number of nitrogens with zero attached hydrogens (tertiary/aromatic N) is 1. The molecule has 0 bridgehead atoms. The third kappa shape index (κ3) is 3.07. The molecule has 2 rings (SSSR count). The van der Waals surface area contributed by atoms with E-state index in [1.54, 1.807) is 12.1 Å². The predicted molar refractivity (Wildman–Crippen MR) is 68.4 cm³/mol. The largest absolute Gasteiger partial charge is 0.270 e. The molecule has 0 N–H and O–H groups in total. The van der Waals surface area contributed by atoms with Crippen molar-refractivity contribution in [3.05, 3.63) is 64.2 Å². The van der Waals surface area contributed by atoms with Gasteiger partial charge < -0.3 is 0 Å². The summed E-state index contributed by atoms with van der Waals surface area (Å²) in [4.78, 5) is 12.2. The van der Waals surface area contributed by atoms with Gasteiger partial charge in [0, 0.05) is 21.9 Å². The van der Waals surface area contributed by atoms with Gasteiger partial charge in [0.2, 0.25) is 0 Å². The molecule has 0 aliphatic heterocycles. The maximum absolute atomic E-state index is 10.7. The summed E-state index contributed by atoms with van der Waals surface area (Å²) in [5.74, 6) is 0. The van der Waals surface area contributed by atoms with Gasteiger partial charge in [0.05, 0.1) is 4.92 Å². The average molecular weight is 245 g/mol. The summed E-state index contributed by atoms with van der Waals surface area (Å²) in [7, 11) is 0. The maximum Gasteiger partial charge on any atom is 0.270 e. The molecule has 0 unspecified atom stereocenters. The van der Waals surface area contributed by atoms with Crippen LogP contribution in [0.15, 0.2) is 58.3 Å². The van der Waals surface area contributed by atoms with Crippen LogP contribution < -0.4 is 0 Å². The minimum absolute atomic E-state index is 0.127. The molecule has 2 aromatic carbocycles. The second-order valence-corrected chi connectivity index (χ2v) is 4.82. The van der Waals surface area contributed by atoms with E-state index in [2.05, 4.69) is 6.07 Å². The van der Waals surface area contributed by atoms with Crippen LogP contribution in [0.25, 0.3) is 0 Å². The predicted octanol–water partition coefficient (Wildman–Crippen LogP) is 4.05. The molecule has 0 aromatic heterocycles. The van der Waals surface area contributed by atoms with E-state index in [4.69, 9.17) is 0 Å². The molecule has 0 saturated carbocycles. The first-order valence-electron chi connectivity index (χ1n) is 5.14. The van der Waals surface area contributed by atoms with Gasteiger partial charge in [-0.05, 0) is 25.1 Å². The molecule has 0 radical (unpaired) electrons. The Kier molecular flexibility index (Phi) is 3.44. The monoisotopic (exact) mass is 245 g/mol. The third-order valence-electron chi connectivity index (χ3n) is 2.25. The molecule has 17 heavy (non-hydrogen) atoms. The summed E-state index contributed by atoms with van der Waals surface area (Å²) < 4.78 is 0. The summed E-state index contributed by atoms with van der Waals surface area (Å²) in [5, 5.41) is 10.7. The lowest BCUT2D eigenvalue weighted by Gasteiger charge is -2.02. The van der Waals surface area contributed by atoms with Gasteiger partial charge in [-0.25, -0.2) is 0 Å². The van der Waals surface area contributed by atoms with E-state index >= 15 is 0 Å². The minimum Gasteiger partial charge on any atom is -0.258 e. The average Bonchev–Trinajstić information content (AvgIpc) is 2.29. The first-order chi connectivity index (χ1) is 8.15. The normalized spacial score (nSPS) is 10.2. The fourth-order valence-corrected chi connectivity index (χ4v) is 2.47. The number of nitro benzene ring substituents is 1. The lowest BCUT2D eigenvalue weighted by atomic mass is 10.2. The van der Waals surface area contributed by atoms with Gasteiger partial charge in [0.15, 0.2) is 0 Å². The molecule has 2 aromatic rings. The molecule has 0 fully saturated rings. The van der Waals surface area contributed by atoms with Crippen LogP contribution in [0.5, 0.6) is 0 Å². The topological polar surface area (TPSA) is 43.1 Å². The van der Waals surface area contributed by atoms with Crippen molar-refractivity contribution in [2.24, 2.45) is 0 Å². The van der Waals surface area contributed by atoms with Gasteiger partial charge in [-0.1, -0.05) is 35.5 Å². The van der Waals surface area contributed by atoms with Crippen molar-refractivity contribution in [1.29, 1.82) is 0 Å². The first-order valence-corrected chi connectivity index (χ1v) is 5.96. The Balaban J connectivity index is 2.24. The van der Waals surface area contributed by atoms with Crippen molar-refractivity contribution in [3.8, 4) is 0 Å². The smallest absolute Gasteiger partial charge is 0.258 e. The molecule has 0 aliphatic carbocycles. The van der Waals surface area contributed by atoms with E-state index in [1.165, 1.54) is 23.4 Å². The van der Waals surface area contributed by atoms with E-state index in [0.717, 1.165) is 9.79 Å². The number of benzene rings is 2. The van der Waals surface area contributed by atoms with Crippen LogP contribution in [0.2, 0.25) is 0 Å². The fourth-order valence-electron chi connectivity index (χ4n) is 1.48. The number of nitro groups is 1. The van der Waals surface area contributed by atoms with Gasteiger partial charge >= 0.3 is 0 Å². The second-order valence-electron chi connectivity index (χ2n) is 3.67. The quantitative estimate of drug-likeness (QED) is 0.605. The van der Waals surface area contributed by atoms with Gasteiger partial charge in [-0.15, -0.1) is 0 Å². The Morgan fingerprint density at radius 1 is 1.06 bits per heavy atom. The highest BCUT2D eigenvalue weighted by Crippen LogP contribution is 2.30. The molecule has 0 saturated heterocycles. The molecule has 0 aliphatic rings. The molecular weight excluding hydrogens is 234 g/mol. The molecule has 0 amide bonds. The zero-order valence-corrected chi connectivity index (χ0v) is 10.1. The molecule has 0 spiro atoms. The van der Waals surface area contributed by atoms with Crippen molar-refractivity contribution >= 4 is 17.4 Å². The van der Waals surface area contributed by atoms with E-state index < -0.39 is 0 Å². The Morgan fingerprint density at radius 3 is 2.35 bits per heavy atom. The van der Waals surface area contributed by atoms with E-state index in [9.17, 15) is 10.1 Å². The number of aryl methyl sites for hydroxylation is 1. The van der Waals surface area contributed by atoms with E-state index in [1.807, 2.05) is 31.2 Å². The maximum atomic E-state index is 10.7. The third-order valence-corrected chi connectivity index (χ3v) is 3.23. The van der Waals surface area contributed by atoms with Crippen LogP contribution in [0.3, 0.4) is 0 Å². The van der Waals surface area contributed by atoms with Crippen molar-refractivity contribution < 1.29 is 4.92 Å². The molecule has 86 valence electrons. The Bertz CT molecular complexity index is 555. The summed E-state index contributed by atoms with van der Waals surface area (Å²) in [6.45, 7) is 2.03. The highest BCUT2D eigenvalue weighted by atomic mass is 32.2. The van der Waals surface area contributed by atoms with Crippen LogP contribution in [-0.2, 0) is 0 Å². The zero-order valence-electron chi connectivity index (χ0n) is 9.29. The van der Waals surface area contributed by atoms with E-state index in [-0.39, 0.29) is 10.6 Å². The highest BCUT2D eigenvalue weighted by molar-refractivity contribution is 7.99. The Labute approximate surface area is 104 Å². The van der Waals surface area contributed by atoms with Crippen LogP contribution in [0.4, 0.5) is 5.69 Å². The van der Waals surface area contributed by atoms with Crippen LogP contribution in [0.1, 0.15) is 5.56 Å². The number of hydrogen-bond acceptors (Lipinski definition) is 3. The number of rotatable bonds is 3. The molecular formula is C13H11NO2S. The van der Waals surface area contributed by atoms with Gasteiger partial charge in [-0.3, -0.25) is 10.1 Å².